The quantitative estimate of drug-likeness (QED) is 0.553. The van der Waals surface area contributed by atoms with Gasteiger partial charge in [-0.05, 0) is 55.3 Å². The number of aromatic nitrogens is 1. The normalized spacial score (nSPS) is 15.8. The number of nitrogens with zero attached hydrogens (tertiary/aromatic N) is 2. The number of sulfonamides is 1. The molecule has 1 aliphatic heterocycles. The third-order valence-electron chi connectivity index (χ3n) is 5.72. The Kier molecular flexibility index (Phi) is 6.69. The molecule has 4 rings (SSSR count). The number of hydrogen-bond donors (Lipinski definition) is 2. The lowest BCUT2D eigenvalue weighted by atomic mass is 9.84. The summed E-state index contributed by atoms with van der Waals surface area (Å²) in [5.74, 6) is -0.407. The predicted octanol–water partition coefficient (Wildman–Crippen LogP) is 3.80. The number of aliphatic hydroxyl groups is 1. The Morgan fingerprint density at radius 3 is 2.33 bits per heavy atom. The summed E-state index contributed by atoms with van der Waals surface area (Å²) < 4.78 is 27.3. The molecule has 1 amide bonds. The Balaban J connectivity index is 1.37. The molecule has 172 valence electrons. The molecule has 1 saturated heterocycles. The van der Waals surface area contributed by atoms with Crippen LogP contribution in [0.4, 0.5) is 5.69 Å². The highest BCUT2D eigenvalue weighted by Gasteiger charge is 2.36. The van der Waals surface area contributed by atoms with E-state index in [1.807, 2.05) is 18.2 Å². The molecule has 2 N–H and O–H groups in total. The number of piperidine rings is 1. The minimum Gasteiger partial charge on any atom is -0.385 e. The van der Waals surface area contributed by atoms with Crippen molar-refractivity contribution < 1.29 is 18.3 Å². The number of anilines is 1. The zero-order chi connectivity index (χ0) is 23.5. The van der Waals surface area contributed by atoms with Crippen LogP contribution in [-0.2, 0) is 21.4 Å². The second-order valence-electron chi connectivity index (χ2n) is 8.06. The summed E-state index contributed by atoms with van der Waals surface area (Å²) in [5, 5.41) is 11.6. The fourth-order valence-corrected chi connectivity index (χ4v) is 5.38. The highest BCUT2D eigenvalue weighted by molar-refractivity contribution is 7.91. The zero-order valence-corrected chi connectivity index (χ0v) is 19.4. The van der Waals surface area contributed by atoms with Crippen LogP contribution in [0.15, 0.2) is 72.9 Å². The van der Waals surface area contributed by atoms with Gasteiger partial charge in [-0.25, -0.2) is 8.42 Å². The Hall–Kier alpha value is -2.94. The van der Waals surface area contributed by atoms with Gasteiger partial charge in [0.15, 0.2) is 0 Å². The average molecular weight is 486 g/mol. The van der Waals surface area contributed by atoms with E-state index in [2.05, 4.69) is 9.71 Å². The lowest BCUT2D eigenvalue weighted by Gasteiger charge is -2.39. The van der Waals surface area contributed by atoms with Crippen LogP contribution in [0.5, 0.6) is 0 Å². The summed E-state index contributed by atoms with van der Waals surface area (Å²) in [6.07, 6.45) is 2.31. The maximum Gasteiger partial charge on any atom is 0.253 e. The van der Waals surface area contributed by atoms with Gasteiger partial charge in [-0.3, -0.25) is 14.5 Å². The first-order valence-corrected chi connectivity index (χ1v) is 12.6. The standard InChI is InChI=1S/C24H24ClN3O4S/c25-22-7-2-1-6-21(22)24(30)12-15-28(16-13-24)23(29)18-8-10-19(11-9-18)27-33(31,32)17-20-5-3-4-14-26-20/h1-11,14,27,30H,12-13,15-17H2. The van der Waals surface area contributed by atoms with Crippen molar-refractivity contribution >= 4 is 33.2 Å². The molecule has 1 aromatic heterocycles. The third kappa shape index (κ3) is 5.52. The monoisotopic (exact) mass is 485 g/mol. The van der Waals surface area contributed by atoms with Crippen molar-refractivity contribution in [1.82, 2.24) is 9.88 Å². The zero-order valence-electron chi connectivity index (χ0n) is 17.8. The number of amides is 1. The summed E-state index contributed by atoms with van der Waals surface area (Å²) in [4.78, 5) is 18.6. The Morgan fingerprint density at radius 1 is 1.03 bits per heavy atom. The second kappa shape index (κ2) is 9.51. The largest absolute Gasteiger partial charge is 0.385 e. The molecule has 2 heterocycles. The van der Waals surface area contributed by atoms with Gasteiger partial charge < -0.3 is 10.0 Å². The smallest absolute Gasteiger partial charge is 0.253 e. The number of pyridine rings is 1. The maximum atomic E-state index is 12.9. The van der Waals surface area contributed by atoms with E-state index >= 15 is 0 Å². The number of hydrogen-bond acceptors (Lipinski definition) is 5. The molecule has 0 radical (unpaired) electrons. The molecular formula is C24H24ClN3O4S. The van der Waals surface area contributed by atoms with E-state index in [0.29, 0.717) is 53.5 Å². The minimum atomic E-state index is -3.63. The Bertz CT molecular complexity index is 1230. The number of rotatable bonds is 6. The number of likely N-dealkylation sites (tertiary alicyclic amines) is 1. The number of carbonyl (C=O) groups is 1. The molecule has 0 atom stereocenters. The van der Waals surface area contributed by atoms with Crippen molar-refractivity contribution in [3.63, 3.8) is 0 Å². The summed E-state index contributed by atoms with van der Waals surface area (Å²) in [5.41, 5.74) is 0.880. The number of benzene rings is 2. The van der Waals surface area contributed by atoms with E-state index in [0.717, 1.165) is 0 Å². The van der Waals surface area contributed by atoms with Crippen LogP contribution < -0.4 is 4.72 Å². The fourth-order valence-electron chi connectivity index (χ4n) is 3.94. The van der Waals surface area contributed by atoms with Crippen LogP contribution in [-0.4, -0.2) is 42.4 Å². The highest BCUT2D eigenvalue weighted by Crippen LogP contribution is 2.37. The molecule has 33 heavy (non-hydrogen) atoms. The molecule has 3 aromatic rings. The molecular weight excluding hydrogens is 462 g/mol. The van der Waals surface area contributed by atoms with Crippen LogP contribution in [0.1, 0.15) is 34.5 Å². The first kappa shape index (κ1) is 23.2. The average Bonchev–Trinajstić information content (AvgIpc) is 2.80. The van der Waals surface area contributed by atoms with Gasteiger partial charge in [0.25, 0.3) is 5.91 Å². The fraction of sp³-hybridized carbons (Fsp3) is 0.250. The molecule has 7 nitrogen and oxygen atoms in total. The van der Waals surface area contributed by atoms with Crippen LogP contribution >= 0.6 is 11.6 Å². The summed E-state index contributed by atoms with van der Waals surface area (Å²) in [6, 6.07) is 18.6. The molecule has 0 spiro atoms. The van der Waals surface area contributed by atoms with Gasteiger partial charge in [0, 0.05) is 41.1 Å². The third-order valence-corrected chi connectivity index (χ3v) is 7.27. The highest BCUT2D eigenvalue weighted by atomic mass is 35.5. The van der Waals surface area contributed by atoms with Gasteiger partial charge >= 0.3 is 0 Å². The van der Waals surface area contributed by atoms with E-state index in [1.165, 1.54) is 0 Å². The van der Waals surface area contributed by atoms with Crippen molar-refractivity contribution in [2.75, 3.05) is 17.8 Å². The van der Waals surface area contributed by atoms with Crippen molar-refractivity contribution in [1.29, 1.82) is 0 Å². The van der Waals surface area contributed by atoms with Crippen LogP contribution in [0.3, 0.4) is 0 Å². The van der Waals surface area contributed by atoms with Crippen molar-refractivity contribution in [2.45, 2.75) is 24.2 Å². The molecule has 1 fully saturated rings. The van der Waals surface area contributed by atoms with Gasteiger partial charge in [0.2, 0.25) is 10.0 Å². The van der Waals surface area contributed by atoms with Crippen LogP contribution in [0, 0.1) is 0 Å². The summed E-state index contributed by atoms with van der Waals surface area (Å²) in [6.45, 7) is 0.776. The lowest BCUT2D eigenvalue weighted by Crippen LogP contribution is -2.45. The number of halogens is 1. The van der Waals surface area contributed by atoms with Gasteiger partial charge in [0.05, 0.1) is 11.3 Å². The summed E-state index contributed by atoms with van der Waals surface area (Å²) in [7, 11) is -3.63. The minimum absolute atomic E-state index is 0.167. The van der Waals surface area contributed by atoms with E-state index in [-0.39, 0.29) is 11.7 Å². The van der Waals surface area contributed by atoms with Crippen LogP contribution in [0.25, 0.3) is 0 Å². The van der Waals surface area contributed by atoms with Crippen LogP contribution in [0.2, 0.25) is 5.02 Å². The molecule has 2 aromatic carbocycles. The van der Waals surface area contributed by atoms with E-state index < -0.39 is 15.6 Å². The molecule has 0 aliphatic carbocycles. The predicted molar refractivity (Wildman–Crippen MR) is 127 cm³/mol. The SMILES string of the molecule is O=C(c1ccc(NS(=O)(=O)Cc2ccccn2)cc1)N1CCC(O)(c2ccccc2Cl)CC1. The number of nitrogens with one attached hydrogen (secondary N) is 1. The van der Waals surface area contributed by atoms with Gasteiger partial charge in [0.1, 0.15) is 5.75 Å². The van der Waals surface area contributed by atoms with E-state index in [4.69, 9.17) is 11.6 Å². The summed E-state index contributed by atoms with van der Waals surface area (Å²) >= 11 is 6.26. The first-order valence-electron chi connectivity index (χ1n) is 10.5. The van der Waals surface area contributed by atoms with Gasteiger partial charge in [-0.15, -0.1) is 0 Å². The molecule has 0 unspecified atom stereocenters. The van der Waals surface area contributed by atoms with E-state index in [1.54, 1.807) is 59.6 Å². The van der Waals surface area contributed by atoms with Gasteiger partial charge in [-0.1, -0.05) is 35.9 Å². The molecule has 0 bridgehead atoms. The van der Waals surface area contributed by atoms with E-state index in [9.17, 15) is 18.3 Å². The Morgan fingerprint density at radius 2 is 1.70 bits per heavy atom. The van der Waals surface area contributed by atoms with Crippen molar-refractivity contribution in [3.8, 4) is 0 Å². The first-order chi connectivity index (χ1) is 15.8. The lowest BCUT2D eigenvalue weighted by molar-refractivity contribution is -0.0210. The van der Waals surface area contributed by atoms with Crippen molar-refractivity contribution in [3.05, 3.63) is 94.8 Å². The number of carbonyl (C=O) groups excluding carboxylic acids is 1. The van der Waals surface area contributed by atoms with Gasteiger partial charge in [-0.2, -0.15) is 0 Å². The second-order valence-corrected chi connectivity index (χ2v) is 10.2. The maximum absolute atomic E-state index is 12.9. The Labute approximate surface area is 198 Å². The van der Waals surface area contributed by atoms with Crippen molar-refractivity contribution in [2.24, 2.45) is 0 Å². The molecule has 1 aliphatic rings. The molecule has 9 heteroatoms. The molecule has 0 saturated carbocycles. The topological polar surface area (TPSA) is 99.6 Å².